The van der Waals surface area contributed by atoms with E-state index in [-0.39, 0.29) is 0 Å². The molecule has 18 heavy (non-hydrogen) atoms. The molecule has 2 heterocycles. The third kappa shape index (κ3) is 2.55. The molecule has 0 aromatic carbocycles. The number of hydrogen-bond donors (Lipinski definition) is 1. The molecular weight excluding hydrogens is 244 g/mol. The van der Waals surface area contributed by atoms with Crippen molar-refractivity contribution in [3.63, 3.8) is 0 Å². The van der Waals surface area contributed by atoms with Crippen LogP contribution in [-0.2, 0) is 6.42 Å². The third-order valence-corrected chi connectivity index (χ3v) is 4.84. The maximum Gasteiger partial charge on any atom is 0.0621 e. The van der Waals surface area contributed by atoms with Crippen LogP contribution in [0.3, 0.4) is 0 Å². The molecule has 2 fully saturated rings. The van der Waals surface area contributed by atoms with Crippen LogP contribution >= 0.6 is 11.6 Å². The number of pyridine rings is 1. The lowest BCUT2D eigenvalue weighted by Crippen LogP contribution is -2.48. The summed E-state index contributed by atoms with van der Waals surface area (Å²) in [6.07, 6.45) is 12.8. The highest BCUT2D eigenvalue weighted by molar-refractivity contribution is 6.31. The van der Waals surface area contributed by atoms with Crippen molar-refractivity contribution in [1.29, 1.82) is 0 Å². The van der Waals surface area contributed by atoms with E-state index in [2.05, 4.69) is 16.4 Å². The molecule has 1 aliphatic carbocycles. The Labute approximate surface area is 114 Å². The third-order valence-electron chi connectivity index (χ3n) is 4.50. The van der Waals surface area contributed by atoms with Gasteiger partial charge < -0.3 is 5.32 Å². The van der Waals surface area contributed by atoms with Crippen LogP contribution in [-0.4, -0.2) is 17.1 Å². The van der Waals surface area contributed by atoms with Crippen LogP contribution in [0.15, 0.2) is 18.5 Å². The van der Waals surface area contributed by atoms with Crippen molar-refractivity contribution >= 4 is 11.6 Å². The summed E-state index contributed by atoms with van der Waals surface area (Å²) in [5.74, 6) is 0.861. The second-order valence-corrected chi connectivity index (χ2v) is 6.22. The largest absolute Gasteiger partial charge is 0.311 e. The molecule has 0 spiro atoms. The van der Waals surface area contributed by atoms with Crippen molar-refractivity contribution in [2.75, 3.05) is 6.54 Å². The number of nitrogens with zero attached hydrogens (tertiary/aromatic N) is 1. The fourth-order valence-electron chi connectivity index (χ4n) is 3.33. The summed E-state index contributed by atoms with van der Waals surface area (Å²) < 4.78 is 0. The predicted molar refractivity (Wildman–Crippen MR) is 74.9 cm³/mol. The SMILES string of the molecule is Clc1cnccc1CC1(C2CC2)CCCCCN1. The Balaban J connectivity index is 1.83. The van der Waals surface area contributed by atoms with E-state index >= 15 is 0 Å². The first kappa shape index (κ1) is 12.4. The maximum atomic E-state index is 6.28. The Kier molecular flexibility index (Phi) is 3.58. The van der Waals surface area contributed by atoms with Gasteiger partial charge in [-0.05, 0) is 56.2 Å². The van der Waals surface area contributed by atoms with Crippen molar-refractivity contribution in [3.8, 4) is 0 Å². The van der Waals surface area contributed by atoms with Gasteiger partial charge in [0.15, 0.2) is 0 Å². The summed E-state index contributed by atoms with van der Waals surface area (Å²) in [5, 5.41) is 4.68. The Hall–Kier alpha value is -0.600. The molecule has 1 saturated heterocycles. The van der Waals surface area contributed by atoms with Gasteiger partial charge in [0, 0.05) is 17.9 Å². The number of nitrogens with one attached hydrogen (secondary N) is 1. The normalized spacial score (nSPS) is 28.9. The van der Waals surface area contributed by atoms with Crippen molar-refractivity contribution in [1.82, 2.24) is 10.3 Å². The van der Waals surface area contributed by atoms with Crippen LogP contribution in [0.2, 0.25) is 5.02 Å². The quantitative estimate of drug-likeness (QED) is 0.903. The van der Waals surface area contributed by atoms with E-state index in [0.717, 1.165) is 17.4 Å². The molecule has 1 N–H and O–H groups in total. The fraction of sp³-hybridized carbons (Fsp3) is 0.667. The predicted octanol–water partition coefficient (Wildman–Crippen LogP) is 3.59. The lowest BCUT2D eigenvalue weighted by Gasteiger charge is -2.35. The molecule has 0 bridgehead atoms. The Morgan fingerprint density at radius 2 is 2.22 bits per heavy atom. The number of rotatable bonds is 3. The van der Waals surface area contributed by atoms with Gasteiger partial charge in [0.1, 0.15) is 0 Å². The van der Waals surface area contributed by atoms with Crippen molar-refractivity contribution in [2.24, 2.45) is 5.92 Å². The van der Waals surface area contributed by atoms with Crippen molar-refractivity contribution in [3.05, 3.63) is 29.0 Å². The molecule has 0 radical (unpaired) electrons. The molecule has 1 unspecified atom stereocenters. The Morgan fingerprint density at radius 3 is 3.00 bits per heavy atom. The van der Waals surface area contributed by atoms with Gasteiger partial charge in [-0.25, -0.2) is 0 Å². The molecule has 3 rings (SSSR count). The lowest BCUT2D eigenvalue weighted by molar-refractivity contribution is 0.271. The van der Waals surface area contributed by atoms with Crippen LogP contribution in [0.5, 0.6) is 0 Å². The van der Waals surface area contributed by atoms with Crippen molar-refractivity contribution < 1.29 is 0 Å². The first-order valence-electron chi connectivity index (χ1n) is 7.14. The van der Waals surface area contributed by atoms with Gasteiger partial charge in [-0.2, -0.15) is 0 Å². The standard InChI is InChI=1S/C15H21ClN2/c16-14-11-17-9-6-12(14)10-15(13-4-5-13)7-2-1-3-8-18-15/h6,9,11,13,18H,1-5,7-8,10H2. The minimum absolute atomic E-state index is 0.307. The van der Waals surface area contributed by atoms with E-state index in [0.29, 0.717) is 5.54 Å². The monoisotopic (exact) mass is 264 g/mol. The average Bonchev–Trinajstić information content (AvgIpc) is 3.18. The van der Waals surface area contributed by atoms with Gasteiger partial charge in [0.05, 0.1) is 5.02 Å². The minimum atomic E-state index is 0.307. The molecule has 2 aliphatic rings. The summed E-state index contributed by atoms with van der Waals surface area (Å²) in [5.41, 5.74) is 1.56. The molecule has 1 aliphatic heterocycles. The first-order valence-corrected chi connectivity index (χ1v) is 7.51. The molecule has 1 aromatic heterocycles. The van der Waals surface area contributed by atoms with Crippen LogP contribution in [0.25, 0.3) is 0 Å². The second kappa shape index (κ2) is 5.18. The molecule has 1 aromatic rings. The summed E-state index contributed by atoms with van der Waals surface area (Å²) in [6.45, 7) is 1.17. The minimum Gasteiger partial charge on any atom is -0.311 e. The van der Waals surface area contributed by atoms with Crippen LogP contribution in [0, 0.1) is 5.92 Å². The molecule has 98 valence electrons. The second-order valence-electron chi connectivity index (χ2n) is 5.81. The van der Waals surface area contributed by atoms with E-state index in [1.165, 1.54) is 50.6 Å². The van der Waals surface area contributed by atoms with Gasteiger partial charge in [-0.15, -0.1) is 0 Å². The summed E-state index contributed by atoms with van der Waals surface area (Å²) >= 11 is 6.28. The highest BCUT2D eigenvalue weighted by Crippen LogP contribution is 2.45. The number of hydrogen-bond acceptors (Lipinski definition) is 2. The van der Waals surface area contributed by atoms with Crippen LogP contribution < -0.4 is 5.32 Å². The highest BCUT2D eigenvalue weighted by Gasteiger charge is 2.44. The van der Waals surface area contributed by atoms with Gasteiger partial charge in [-0.1, -0.05) is 24.4 Å². The molecule has 0 amide bonds. The topological polar surface area (TPSA) is 24.9 Å². The van der Waals surface area contributed by atoms with Gasteiger partial charge in [-0.3, -0.25) is 4.98 Å². The summed E-state index contributed by atoms with van der Waals surface area (Å²) in [6, 6.07) is 2.08. The molecule has 2 nitrogen and oxygen atoms in total. The van der Waals surface area contributed by atoms with Gasteiger partial charge in [0.2, 0.25) is 0 Å². The molecule has 3 heteroatoms. The lowest BCUT2D eigenvalue weighted by atomic mass is 9.82. The van der Waals surface area contributed by atoms with E-state index in [4.69, 9.17) is 11.6 Å². The number of halogens is 1. The van der Waals surface area contributed by atoms with E-state index in [1.807, 2.05) is 6.20 Å². The zero-order valence-corrected chi connectivity index (χ0v) is 11.5. The number of aromatic nitrogens is 1. The van der Waals surface area contributed by atoms with Crippen LogP contribution in [0.4, 0.5) is 0 Å². The molecular formula is C15H21ClN2. The molecule has 1 atom stereocenters. The molecule has 1 saturated carbocycles. The van der Waals surface area contributed by atoms with E-state index in [1.54, 1.807) is 6.20 Å². The van der Waals surface area contributed by atoms with Crippen LogP contribution in [0.1, 0.15) is 44.1 Å². The zero-order valence-electron chi connectivity index (χ0n) is 10.8. The fourth-order valence-corrected chi connectivity index (χ4v) is 3.52. The van der Waals surface area contributed by atoms with Crippen molar-refractivity contribution in [2.45, 2.75) is 50.5 Å². The van der Waals surface area contributed by atoms with Gasteiger partial charge >= 0.3 is 0 Å². The summed E-state index contributed by atoms with van der Waals surface area (Å²) in [4.78, 5) is 4.09. The zero-order chi connectivity index (χ0) is 12.4. The first-order chi connectivity index (χ1) is 8.80. The van der Waals surface area contributed by atoms with E-state index in [9.17, 15) is 0 Å². The summed E-state index contributed by atoms with van der Waals surface area (Å²) in [7, 11) is 0. The van der Waals surface area contributed by atoms with Gasteiger partial charge in [0.25, 0.3) is 0 Å². The van der Waals surface area contributed by atoms with E-state index < -0.39 is 0 Å². The Bertz CT molecular complexity index is 407. The maximum absolute atomic E-state index is 6.28. The average molecular weight is 265 g/mol. The highest BCUT2D eigenvalue weighted by atomic mass is 35.5. The smallest absolute Gasteiger partial charge is 0.0621 e. The Morgan fingerprint density at radius 1 is 1.33 bits per heavy atom.